The van der Waals surface area contributed by atoms with Gasteiger partial charge in [0.25, 0.3) is 0 Å². The van der Waals surface area contributed by atoms with Crippen molar-refractivity contribution in [2.75, 3.05) is 18.4 Å². The predicted molar refractivity (Wildman–Crippen MR) is 121 cm³/mol. The second-order valence-electron chi connectivity index (χ2n) is 7.02. The standard InChI is InChI=1S/C25H32N2/c1-6-7-16-26-18-23(25-11-9-8-10-20(25)4)17-21(5)22-12-14-24(15-13-22)27-19(2)3/h8-15,17,26-27H,2,5-7,16,18H2,1,3-4H3/b23-17-. The van der Waals surface area contributed by atoms with Crippen LogP contribution in [0, 0.1) is 6.92 Å². The molecule has 0 unspecified atom stereocenters. The zero-order valence-corrected chi connectivity index (χ0v) is 16.9. The summed E-state index contributed by atoms with van der Waals surface area (Å²) in [4.78, 5) is 0. The molecule has 0 aliphatic rings. The molecule has 2 aromatic carbocycles. The Morgan fingerprint density at radius 3 is 2.37 bits per heavy atom. The molecule has 2 aromatic rings. The molecule has 0 fully saturated rings. The molecule has 142 valence electrons. The lowest BCUT2D eigenvalue weighted by Crippen LogP contribution is -2.18. The van der Waals surface area contributed by atoms with Crippen molar-refractivity contribution in [3.8, 4) is 0 Å². The van der Waals surface area contributed by atoms with Crippen LogP contribution in [0.2, 0.25) is 0 Å². The summed E-state index contributed by atoms with van der Waals surface area (Å²) in [6, 6.07) is 16.9. The molecular weight excluding hydrogens is 328 g/mol. The second kappa shape index (κ2) is 10.5. The molecule has 2 rings (SSSR count). The number of hydrogen-bond donors (Lipinski definition) is 2. The third kappa shape index (κ3) is 6.58. The first-order valence-corrected chi connectivity index (χ1v) is 9.70. The summed E-state index contributed by atoms with van der Waals surface area (Å²) in [5.41, 5.74) is 7.97. The van der Waals surface area contributed by atoms with Gasteiger partial charge in [-0.1, -0.05) is 62.9 Å². The molecule has 0 radical (unpaired) electrons. The highest BCUT2D eigenvalue weighted by Crippen LogP contribution is 2.24. The highest BCUT2D eigenvalue weighted by atomic mass is 14.9. The number of unbranched alkanes of at least 4 members (excludes halogenated alkanes) is 1. The van der Waals surface area contributed by atoms with Crippen LogP contribution >= 0.6 is 0 Å². The molecule has 0 aliphatic carbocycles. The smallest absolute Gasteiger partial charge is 0.0381 e. The van der Waals surface area contributed by atoms with Crippen LogP contribution in [0.4, 0.5) is 5.69 Å². The van der Waals surface area contributed by atoms with Crippen LogP contribution in [0.3, 0.4) is 0 Å². The molecule has 0 heterocycles. The number of allylic oxidation sites excluding steroid dienone is 3. The van der Waals surface area contributed by atoms with E-state index in [9.17, 15) is 0 Å². The molecule has 0 atom stereocenters. The maximum Gasteiger partial charge on any atom is 0.0381 e. The molecule has 0 saturated carbocycles. The molecule has 2 nitrogen and oxygen atoms in total. The summed E-state index contributed by atoms with van der Waals surface area (Å²) in [6.07, 6.45) is 4.61. The van der Waals surface area contributed by atoms with Crippen LogP contribution in [0.5, 0.6) is 0 Å². The average molecular weight is 361 g/mol. The molecular formula is C25H32N2. The Morgan fingerprint density at radius 1 is 1.04 bits per heavy atom. The van der Waals surface area contributed by atoms with Crippen LogP contribution in [0.1, 0.15) is 43.4 Å². The lowest BCUT2D eigenvalue weighted by molar-refractivity contribution is 0.685. The van der Waals surface area contributed by atoms with Crippen molar-refractivity contribution in [3.05, 3.63) is 90.2 Å². The van der Waals surface area contributed by atoms with Gasteiger partial charge in [0.1, 0.15) is 0 Å². The Bertz CT molecular complexity index is 797. The highest BCUT2D eigenvalue weighted by molar-refractivity contribution is 5.84. The van der Waals surface area contributed by atoms with Crippen molar-refractivity contribution in [1.29, 1.82) is 0 Å². The van der Waals surface area contributed by atoms with Crippen LogP contribution in [0.25, 0.3) is 11.1 Å². The van der Waals surface area contributed by atoms with Crippen molar-refractivity contribution in [2.45, 2.75) is 33.6 Å². The number of hydrogen-bond acceptors (Lipinski definition) is 2. The average Bonchev–Trinajstić information content (AvgIpc) is 2.65. The molecule has 0 aliphatic heterocycles. The molecule has 27 heavy (non-hydrogen) atoms. The summed E-state index contributed by atoms with van der Waals surface area (Å²) in [7, 11) is 0. The number of aryl methyl sites for hydroxylation is 1. The van der Waals surface area contributed by atoms with Crippen LogP contribution in [-0.2, 0) is 0 Å². The summed E-state index contributed by atoms with van der Waals surface area (Å²) in [6.45, 7) is 16.4. The van der Waals surface area contributed by atoms with Gasteiger partial charge in [0.15, 0.2) is 0 Å². The predicted octanol–water partition coefficient (Wildman–Crippen LogP) is 6.43. The van der Waals surface area contributed by atoms with Gasteiger partial charge in [-0.05, 0) is 72.9 Å². The maximum atomic E-state index is 4.31. The van der Waals surface area contributed by atoms with Crippen LogP contribution in [0.15, 0.2) is 73.5 Å². The van der Waals surface area contributed by atoms with E-state index >= 15 is 0 Å². The van der Waals surface area contributed by atoms with Crippen molar-refractivity contribution < 1.29 is 0 Å². The fourth-order valence-corrected chi connectivity index (χ4v) is 2.99. The normalized spacial score (nSPS) is 11.3. The van der Waals surface area contributed by atoms with E-state index in [1.54, 1.807) is 0 Å². The molecule has 2 N–H and O–H groups in total. The van der Waals surface area contributed by atoms with E-state index < -0.39 is 0 Å². The largest absolute Gasteiger partial charge is 0.360 e. The van der Waals surface area contributed by atoms with Crippen molar-refractivity contribution in [2.24, 2.45) is 0 Å². The summed E-state index contributed by atoms with van der Waals surface area (Å²) >= 11 is 0. The first-order valence-electron chi connectivity index (χ1n) is 9.70. The fraction of sp³-hybridized carbons (Fsp3) is 0.280. The summed E-state index contributed by atoms with van der Waals surface area (Å²) in [5, 5.41) is 6.81. The van der Waals surface area contributed by atoms with E-state index in [-0.39, 0.29) is 0 Å². The quantitative estimate of drug-likeness (QED) is 0.377. The van der Waals surface area contributed by atoms with E-state index in [0.29, 0.717) is 0 Å². The van der Waals surface area contributed by atoms with Crippen LogP contribution < -0.4 is 10.6 Å². The SMILES string of the molecule is C=C(C)Nc1ccc(C(=C)/C=C(/CNCCCC)c2ccccc2C)cc1. The molecule has 0 spiro atoms. The van der Waals surface area contributed by atoms with Crippen LogP contribution in [-0.4, -0.2) is 13.1 Å². The third-order valence-corrected chi connectivity index (χ3v) is 4.48. The van der Waals surface area contributed by atoms with E-state index in [0.717, 1.165) is 35.6 Å². The lowest BCUT2D eigenvalue weighted by Gasteiger charge is -2.14. The van der Waals surface area contributed by atoms with Gasteiger partial charge in [0.05, 0.1) is 0 Å². The van der Waals surface area contributed by atoms with Gasteiger partial charge in [0.2, 0.25) is 0 Å². The summed E-state index contributed by atoms with van der Waals surface area (Å²) in [5.74, 6) is 0. The van der Waals surface area contributed by atoms with Gasteiger partial charge in [-0.3, -0.25) is 0 Å². The monoisotopic (exact) mass is 360 g/mol. The number of nitrogens with one attached hydrogen (secondary N) is 2. The highest BCUT2D eigenvalue weighted by Gasteiger charge is 2.06. The first kappa shape index (κ1) is 20.7. The van der Waals surface area contributed by atoms with Gasteiger partial charge >= 0.3 is 0 Å². The van der Waals surface area contributed by atoms with Crippen molar-refractivity contribution in [3.63, 3.8) is 0 Å². The molecule has 2 heteroatoms. The molecule has 0 amide bonds. The van der Waals surface area contributed by atoms with E-state index in [1.807, 2.05) is 6.92 Å². The van der Waals surface area contributed by atoms with E-state index in [2.05, 4.69) is 92.2 Å². The lowest BCUT2D eigenvalue weighted by atomic mass is 9.96. The zero-order valence-electron chi connectivity index (χ0n) is 16.9. The Morgan fingerprint density at radius 2 is 1.74 bits per heavy atom. The van der Waals surface area contributed by atoms with Crippen molar-refractivity contribution >= 4 is 16.8 Å². The van der Waals surface area contributed by atoms with Gasteiger partial charge in [0, 0.05) is 17.9 Å². The van der Waals surface area contributed by atoms with E-state index in [1.165, 1.54) is 29.5 Å². The number of rotatable bonds is 10. The maximum absolute atomic E-state index is 4.31. The molecule has 0 aromatic heterocycles. The minimum absolute atomic E-state index is 0.846. The van der Waals surface area contributed by atoms with E-state index in [4.69, 9.17) is 0 Å². The van der Waals surface area contributed by atoms with Crippen molar-refractivity contribution in [1.82, 2.24) is 5.32 Å². The second-order valence-corrected chi connectivity index (χ2v) is 7.02. The Hall–Kier alpha value is -2.58. The van der Waals surface area contributed by atoms with Gasteiger partial charge in [-0.25, -0.2) is 0 Å². The Labute approximate surface area is 164 Å². The number of benzene rings is 2. The topological polar surface area (TPSA) is 24.1 Å². The number of anilines is 1. The summed E-state index contributed by atoms with van der Waals surface area (Å²) < 4.78 is 0. The molecule has 0 bridgehead atoms. The minimum atomic E-state index is 0.846. The van der Waals surface area contributed by atoms with Gasteiger partial charge in [-0.15, -0.1) is 0 Å². The Kier molecular flexibility index (Phi) is 8.09. The fourth-order valence-electron chi connectivity index (χ4n) is 2.99. The third-order valence-electron chi connectivity index (χ3n) is 4.48. The Balaban J connectivity index is 2.22. The molecule has 0 saturated heterocycles. The minimum Gasteiger partial charge on any atom is -0.360 e. The first-order chi connectivity index (χ1) is 13.0. The zero-order chi connectivity index (χ0) is 19.6. The van der Waals surface area contributed by atoms with Gasteiger partial charge < -0.3 is 10.6 Å². The van der Waals surface area contributed by atoms with Gasteiger partial charge in [-0.2, -0.15) is 0 Å².